The molecule has 0 saturated heterocycles. The summed E-state index contributed by atoms with van der Waals surface area (Å²) < 4.78 is 2.43. The van der Waals surface area contributed by atoms with Crippen molar-refractivity contribution < 1.29 is 0 Å². The minimum absolute atomic E-state index is 0.188. The summed E-state index contributed by atoms with van der Waals surface area (Å²) in [6.07, 6.45) is 0. The predicted molar refractivity (Wildman–Crippen MR) is 76.5 cm³/mol. The average molecular weight is 348 g/mol. The molecule has 0 amide bonds. The Hall–Kier alpha value is -0.840. The number of benzene rings is 1. The molecule has 0 spiro atoms. The largest absolute Gasteiger partial charge is 0.292 e. The predicted octanol–water partition coefficient (Wildman–Crippen LogP) is 3.67. The van der Waals surface area contributed by atoms with Crippen LogP contribution in [0.5, 0.6) is 0 Å². The fourth-order valence-electron chi connectivity index (χ4n) is 1.60. The van der Waals surface area contributed by atoms with Gasteiger partial charge in [-0.25, -0.2) is 4.98 Å². The van der Waals surface area contributed by atoms with Crippen LogP contribution in [0.4, 0.5) is 0 Å². The Morgan fingerprint density at radius 1 is 1.33 bits per heavy atom. The molecule has 0 saturated carbocycles. The van der Waals surface area contributed by atoms with E-state index in [1.807, 2.05) is 12.1 Å². The number of hydrogen-bond acceptors (Lipinski definition) is 2. The zero-order valence-corrected chi connectivity index (χ0v) is 12.6. The van der Waals surface area contributed by atoms with Gasteiger partial charge >= 0.3 is 0 Å². The molecule has 0 N–H and O–H groups in total. The second kappa shape index (κ2) is 5.43. The van der Waals surface area contributed by atoms with Crippen molar-refractivity contribution in [2.75, 3.05) is 0 Å². The molecule has 0 fully saturated rings. The molecule has 0 unspecified atom stereocenters. The number of aryl methyl sites for hydroxylation is 1. The monoisotopic (exact) mass is 346 g/mol. The Bertz CT molecular complexity index is 655. The number of nitrogens with zero attached hydrogens (tertiary/aromatic N) is 2. The van der Waals surface area contributed by atoms with Crippen LogP contribution in [-0.4, -0.2) is 9.55 Å². The van der Waals surface area contributed by atoms with E-state index in [1.54, 1.807) is 13.0 Å². The van der Waals surface area contributed by atoms with Crippen LogP contribution in [0.1, 0.15) is 11.4 Å². The van der Waals surface area contributed by atoms with Crippen molar-refractivity contribution in [1.82, 2.24) is 9.55 Å². The molecule has 3 nitrogen and oxygen atoms in total. The van der Waals surface area contributed by atoms with E-state index in [9.17, 15) is 4.79 Å². The van der Waals surface area contributed by atoms with E-state index in [-0.39, 0.29) is 10.7 Å². The Kier molecular flexibility index (Phi) is 4.10. The van der Waals surface area contributed by atoms with E-state index in [4.69, 9.17) is 23.2 Å². The van der Waals surface area contributed by atoms with E-state index in [0.29, 0.717) is 17.4 Å². The normalized spacial score (nSPS) is 10.7. The first kappa shape index (κ1) is 13.6. The highest BCUT2D eigenvalue weighted by molar-refractivity contribution is 9.10. The van der Waals surface area contributed by atoms with E-state index in [2.05, 4.69) is 20.9 Å². The summed E-state index contributed by atoms with van der Waals surface area (Å²) >= 11 is 15.2. The van der Waals surface area contributed by atoms with Crippen molar-refractivity contribution in [2.45, 2.75) is 13.5 Å². The van der Waals surface area contributed by atoms with Crippen molar-refractivity contribution in [3.05, 3.63) is 60.7 Å². The van der Waals surface area contributed by atoms with E-state index in [0.717, 1.165) is 10.0 Å². The van der Waals surface area contributed by atoms with E-state index >= 15 is 0 Å². The third-order valence-electron chi connectivity index (χ3n) is 2.51. The summed E-state index contributed by atoms with van der Waals surface area (Å²) in [5.74, 6) is 0.562. The number of aromatic nitrogens is 2. The summed E-state index contributed by atoms with van der Waals surface area (Å²) in [6.45, 7) is 2.11. The summed E-state index contributed by atoms with van der Waals surface area (Å²) in [4.78, 5) is 15.9. The minimum atomic E-state index is -0.188. The Labute approximate surface area is 123 Å². The van der Waals surface area contributed by atoms with Gasteiger partial charge in [0, 0.05) is 15.6 Å². The van der Waals surface area contributed by atoms with Gasteiger partial charge in [0.05, 0.1) is 6.54 Å². The molecular formula is C12H9BrCl2N2O. The highest BCUT2D eigenvalue weighted by Gasteiger charge is 2.07. The number of halogens is 3. The Morgan fingerprint density at radius 2 is 2.06 bits per heavy atom. The molecule has 94 valence electrons. The first-order valence-electron chi connectivity index (χ1n) is 5.15. The molecule has 2 aromatic rings. The van der Waals surface area contributed by atoms with Crippen LogP contribution < -0.4 is 5.56 Å². The highest BCUT2D eigenvalue weighted by Crippen LogP contribution is 2.22. The van der Waals surface area contributed by atoms with Gasteiger partial charge in [0.2, 0.25) is 0 Å². The molecule has 1 heterocycles. The van der Waals surface area contributed by atoms with Gasteiger partial charge in [0.1, 0.15) is 11.0 Å². The van der Waals surface area contributed by atoms with Crippen molar-refractivity contribution in [3.8, 4) is 0 Å². The summed E-state index contributed by atoms with van der Waals surface area (Å²) in [5.41, 5.74) is 0.667. The molecular weight excluding hydrogens is 339 g/mol. The molecule has 2 rings (SSSR count). The standard InChI is InChI=1S/C12H9BrCl2N2O/c1-7-16-11(15)5-12(18)17(7)6-8-2-3-9(13)4-10(8)14/h2-5H,6H2,1H3. The maximum absolute atomic E-state index is 11.8. The van der Waals surface area contributed by atoms with Crippen LogP contribution in [0.3, 0.4) is 0 Å². The second-order valence-electron chi connectivity index (χ2n) is 3.79. The molecule has 0 bridgehead atoms. The van der Waals surface area contributed by atoms with Gasteiger partial charge in [-0.15, -0.1) is 0 Å². The molecule has 6 heteroatoms. The van der Waals surface area contributed by atoms with Crippen molar-refractivity contribution >= 4 is 39.1 Å². The molecule has 18 heavy (non-hydrogen) atoms. The SMILES string of the molecule is Cc1nc(Cl)cc(=O)n1Cc1ccc(Br)cc1Cl. The Balaban J connectivity index is 2.43. The molecule has 0 aliphatic heterocycles. The van der Waals surface area contributed by atoms with Gasteiger partial charge in [-0.1, -0.05) is 45.2 Å². The lowest BCUT2D eigenvalue weighted by Gasteiger charge is -2.10. The fourth-order valence-corrected chi connectivity index (χ4v) is 2.55. The van der Waals surface area contributed by atoms with Gasteiger partial charge in [-0.2, -0.15) is 0 Å². The minimum Gasteiger partial charge on any atom is -0.292 e. The maximum atomic E-state index is 11.8. The summed E-state index contributed by atoms with van der Waals surface area (Å²) in [6, 6.07) is 6.83. The third-order valence-corrected chi connectivity index (χ3v) is 3.55. The smallest absolute Gasteiger partial charge is 0.255 e. The average Bonchev–Trinajstić information content (AvgIpc) is 2.25. The third kappa shape index (κ3) is 2.94. The van der Waals surface area contributed by atoms with Crippen LogP contribution in [0.2, 0.25) is 10.2 Å². The summed E-state index contributed by atoms with van der Waals surface area (Å²) in [5, 5.41) is 0.807. The van der Waals surface area contributed by atoms with Gasteiger partial charge in [0.25, 0.3) is 5.56 Å². The first-order chi connectivity index (χ1) is 8.47. The number of rotatable bonds is 2. The molecule has 1 aromatic carbocycles. The van der Waals surface area contributed by atoms with Crippen LogP contribution in [-0.2, 0) is 6.54 Å². The molecule has 1 aromatic heterocycles. The summed E-state index contributed by atoms with van der Waals surface area (Å²) in [7, 11) is 0. The Morgan fingerprint density at radius 3 is 2.67 bits per heavy atom. The van der Waals surface area contributed by atoms with Crippen LogP contribution in [0.15, 0.2) is 33.5 Å². The molecule has 0 atom stereocenters. The number of hydrogen-bond donors (Lipinski definition) is 0. The topological polar surface area (TPSA) is 34.9 Å². The molecule has 0 aliphatic rings. The van der Waals surface area contributed by atoms with Gasteiger partial charge < -0.3 is 0 Å². The van der Waals surface area contributed by atoms with Crippen LogP contribution >= 0.6 is 39.1 Å². The van der Waals surface area contributed by atoms with Crippen LogP contribution in [0, 0.1) is 6.92 Å². The molecule has 0 aliphatic carbocycles. The van der Waals surface area contributed by atoms with E-state index in [1.165, 1.54) is 10.6 Å². The lowest BCUT2D eigenvalue weighted by molar-refractivity contribution is 0.700. The van der Waals surface area contributed by atoms with Crippen LogP contribution in [0.25, 0.3) is 0 Å². The first-order valence-corrected chi connectivity index (χ1v) is 6.70. The quantitative estimate of drug-likeness (QED) is 0.777. The van der Waals surface area contributed by atoms with Gasteiger partial charge in [-0.3, -0.25) is 9.36 Å². The second-order valence-corrected chi connectivity index (χ2v) is 5.50. The lowest BCUT2D eigenvalue weighted by Crippen LogP contribution is -2.23. The van der Waals surface area contributed by atoms with E-state index < -0.39 is 0 Å². The zero-order valence-electron chi connectivity index (χ0n) is 9.45. The molecule has 0 radical (unpaired) electrons. The fraction of sp³-hybridized carbons (Fsp3) is 0.167. The van der Waals surface area contributed by atoms with Crippen molar-refractivity contribution in [3.63, 3.8) is 0 Å². The van der Waals surface area contributed by atoms with Gasteiger partial charge in [0.15, 0.2) is 0 Å². The van der Waals surface area contributed by atoms with Crippen molar-refractivity contribution in [1.29, 1.82) is 0 Å². The highest BCUT2D eigenvalue weighted by atomic mass is 79.9. The van der Waals surface area contributed by atoms with Crippen molar-refractivity contribution in [2.24, 2.45) is 0 Å². The lowest BCUT2D eigenvalue weighted by atomic mass is 10.2. The van der Waals surface area contributed by atoms with Gasteiger partial charge in [-0.05, 0) is 24.6 Å². The maximum Gasteiger partial charge on any atom is 0.255 e. The zero-order chi connectivity index (χ0) is 13.3.